The second-order valence-electron chi connectivity index (χ2n) is 5.86. The highest BCUT2D eigenvalue weighted by molar-refractivity contribution is 5.47. The number of aromatic nitrogens is 4. The van der Waals surface area contributed by atoms with Crippen molar-refractivity contribution in [1.29, 1.82) is 0 Å². The van der Waals surface area contributed by atoms with Gasteiger partial charge >= 0.3 is 0 Å². The van der Waals surface area contributed by atoms with E-state index >= 15 is 0 Å². The predicted octanol–water partition coefficient (Wildman–Crippen LogP) is 2.60. The minimum Gasteiger partial charge on any atom is -0.339 e. The summed E-state index contributed by atoms with van der Waals surface area (Å²) in [7, 11) is 1.92. The first-order chi connectivity index (χ1) is 10.0. The largest absolute Gasteiger partial charge is 0.339 e. The number of aryl methyl sites for hydroxylation is 1. The molecule has 0 spiro atoms. The van der Waals surface area contributed by atoms with Crippen LogP contribution in [0.1, 0.15) is 45.9 Å². The molecule has 2 aromatic rings. The van der Waals surface area contributed by atoms with E-state index in [9.17, 15) is 0 Å². The van der Waals surface area contributed by atoms with Gasteiger partial charge in [0.05, 0.1) is 18.4 Å². The van der Waals surface area contributed by atoms with Crippen molar-refractivity contribution in [3.8, 4) is 11.5 Å². The molecule has 0 saturated carbocycles. The summed E-state index contributed by atoms with van der Waals surface area (Å²) in [5.41, 5.74) is 0.863. The summed E-state index contributed by atoms with van der Waals surface area (Å²) in [5, 5.41) is 7.63. The standard InChI is InChI=1S/C15H25N5O/c1-6-7-17-11(4)13(10(2)3)15-18-14(19-21-15)12-8-16-9-20(12)5/h8-11,13,17H,6-7H2,1-5H3. The maximum absolute atomic E-state index is 5.53. The van der Waals surface area contributed by atoms with E-state index in [1.807, 2.05) is 11.6 Å². The van der Waals surface area contributed by atoms with Crippen molar-refractivity contribution in [3.63, 3.8) is 0 Å². The number of hydrogen-bond donors (Lipinski definition) is 1. The number of rotatable bonds is 7. The molecule has 2 unspecified atom stereocenters. The molecule has 0 amide bonds. The quantitative estimate of drug-likeness (QED) is 0.849. The second kappa shape index (κ2) is 6.85. The number of hydrogen-bond acceptors (Lipinski definition) is 5. The summed E-state index contributed by atoms with van der Waals surface area (Å²) in [6.07, 6.45) is 4.59. The van der Waals surface area contributed by atoms with Crippen LogP contribution in [0.5, 0.6) is 0 Å². The lowest BCUT2D eigenvalue weighted by atomic mass is 9.89. The molecule has 116 valence electrons. The first kappa shape index (κ1) is 15.7. The van der Waals surface area contributed by atoms with Crippen molar-refractivity contribution < 1.29 is 4.52 Å². The van der Waals surface area contributed by atoms with E-state index in [0.717, 1.165) is 18.7 Å². The third-order valence-corrected chi connectivity index (χ3v) is 3.75. The molecule has 0 aromatic carbocycles. The molecule has 0 aliphatic rings. The summed E-state index contributed by atoms with van der Waals surface area (Å²) in [6, 6.07) is 0.296. The average molecular weight is 291 g/mol. The van der Waals surface area contributed by atoms with Crippen LogP contribution in [-0.2, 0) is 7.05 Å². The van der Waals surface area contributed by atoms with E-state index in [4.69, 9.17) is 4.52 Å². The number of nitrogens with one attached hydrogen (secondary N) is 1. The lowest BCUT2D eigenvalue weighted by Gasteiger charge is -2.24. The van der Waals surface area contributed by atoms with Crippen LogP contribution < -0.4 is 5.32 Å². The Morgan fingerprint density at radius 2 is 2.10 bits per heavy atom. The second-order valence-corrected chi connectivity index (χ2v) is 5.86. The predicted molar refractivity (Wildman–Crippen MR) is 81.8 cm³/mol. The fraction of sp³-hybridized carbons (Fsp3) is 0.667. The molecule has 0 fully saturated rings. The Kier molecular flexibility index (Phi) is 5.12. The lowest BCUT2D eigenvalue weighted by Crippen LogP contribution is -2.35. The molecule has 6 nitrogen and oxygen atoms in total. The number of nitrogens with zero attached hydrogens (tertiary/aromatic N) is 4. The molecular weight excluding hydrogens is 266 g/mol. The molecule has 0 aliphatic heterocycles. The van der Waals surface area contributed by atoms with Crippen molar-refractivity contribution in [2.45, 2.75) is 46.1 Å². The van der Waals surface area contributed by atoms with Crippen LogP contribution in [0.3, 0.4) is 0 Å². The molecule has 0 saturated heterocycles. The van der Waals surface area contributed by atoms with Crippen molar-refractivity contribution in [1.82, 2.24) is 25.0 Å². The Hall–Kier alpha value is -1.69. The first-order valence-corrected chi connectivity index (χ1v) is 7.58. The Morgan fingerprint density at radius 3 is 2.67 bits per heavy atom. The van der Waals surface area contributed by atoms with E-state index in [2.05, 4.69) is 48.1 Å². The molecule has 0 bridgehead atoms. The Bertz CT molecular complexity index is 560. The summed E-state index contributed by atoms with van der Waals surface area (Å²) in [6.45, 7) is 9.70. The zero-order valence-electron chi connectivity index (χ0n) is 13.5. The molecule has 0 aliphatic carbocycles. The highest BCUT2D eigenvalue weighted by atomic mass is 16.5. The Balaban J connectivity index is 2.22. The van der Waals surface area contributed by atoms with Gasteiger partial charge in [-0.05, 0) is 25.8 Å². The van der Waals surface area contributed by atoms with Gasteiger partial charge in [-0.3, -0.25) is 0 Å². The molecule has 6 heteroatoms. The van der Waals surface area contributed by atoms with Gasteiger partial charge < -0.3 is 14.4 Å². The van der Waals surface area contributed by atoms with Gasteiger partial charge in [0.25, 0.3) is 0 Å². The van der Waals surface area contributed by atoms with Gasteiger partial charge in [-0.25, -0.2) is 4.98 Å². The highest BCUT2D eigenvalue weighted by Gasteiger charge is 2.28. The first-order valence-electron chi connectivity index (χ1n) is 7.58. The summed E-state index contributed by atoms with van der Waals surface area (Å²) in [5.74, 6) is 1.91. The monoisotopic (exact) mass is 291 g/mol. The van der Waals surface area contributed by atoms with E-state index in [1.165, 1.54) is 0 Å². The highest BCUT2D eigenvalue weighted by Crippen LogP contribution is 2.28. The van der Waals surface area contributed by atoms with Crippen LogP contribution in [0.2, 0.25) is 0 Å². The molecule has 2 heterocycles. The fourth-order valence-electron chi connectivity index (χ4n) is 2.62. The van der Waals surface area contributed by atoms with E-state index in [-0.39, 0.29) is 5.92 Å². The fourth-order valence-corrected chi connectivity index (χ4v) is 2.62. The molecule has 21 heavy (non-hydrogen) atoms. The Labute approximate surface area is 126 Å². The van der Waals surface area contributed by atoms with Crippen molar-refractivity contribution >= 4 is 0 Å². The molecule has 1 N–H and O–H groups in total. The maximum atomic E-state index is 5.53. The molecule has 0 radical (unpaired) electrons. The SMILES string of the molecule is CCCNC(C)C(c1nc(-c2cncn2C)no1)C(C)C. The smallest absolute Gasteiger partial charge is 0.231 e. The van der Waals surface area contributed by atoms with Gasteiger partial charge in [0, 0.05) is 13.1 Å². The third kappa shape index (κ3) is 3.50. The number of imidazole rings is 1. The zero-order chi connectivity index (χ0) is 15.4. The molecule has 2 atom stereocenters. The molecular formula is C15H25N5O. The van der Waals surface area contributed by atoms with Gasteiger partial charge in [0.1, 0.15) is 5.69 Å². The van der Waals surface area contributed by atoms with E-state index < -0.39 is 0 Å². The van der Waals surface area contributed by atoms with Crippen molar-refractivity contribution in [2.75, 3.05) is 6.54 Å². The molecule has 2 rings (SSSR count). The van der Waals surface area contributed by atoms with Gasteiger partial charge in [-0.1, -0.05) is 25.9 Å². The van der Waals surface area contributed by atoms with Gasteiger partial charge in [-0.2, -0.15) is 4.98 Å². The van der Waals surface area contributed by atoms with E-state index in [0.29, 0.717) is 23.7 Å². The summed E-state index contributed by atoms with van der Waals surface area (Å²) in [4.78, 5) is 8.68. The van der Waals surface area contributed by atoms with Crippen LogP contribution in [0, 0.1) is 5.92 Å². The van der Waals surface area contributed by atoms with Crippen LogP contribution in [0.25, 0.3) is 11.5 Å². The van der Waals surface area contributed by atoms with Crippen molar-refractivity contribution in [2.24, 2.45) is 13.0 Å². The zero-order valence-corrected chi connectivity index (χ0v) is 13.5. The third-order valence-electron chi connectivity index (χ3n) is 3.75. The van der Waals surface area contributed by atoms with Gasteiger partial charge in [-0.15, -0.1) is 0 Å². The molecule has 2 aromatic heterocycles. The summed E-state index contributed by atoms with van der Waals surface area (Å²) < 4.78 is 7.41. The lowest BCUT2D eigenvalue weighted by molar-refractivity contribution is 0.280. The van der Waals surface area contributed by atoms with Crippen molar-refractivity contribution in [3.05, 3.63) is 18.4 Å². The topological polar surface area (TPSA) is 68.8 Å². The minimum absolute atomic E-state index is 0.200. The summed E-state index contributed by atoms with van der Waals surface area (Å²) >= 11 is 0. The van der Waals surface area contributed by atoms with Gasteiger partial charge in [0.15, 0.2) is 0 Å². The van der Waals surface area contributed by atoms with Crippen LogP contribution in [-0.4, -0.2) is 32.3 Å². The van der Waals surface area contributed by atoms with Crippen LogP contribution in [0.15, 0.2) is 17.0 Å². The normalized spacial score (nSPS) is 14.6. The van der Waals surface area contributed by atoms with E-state index in [1.54, 1.807) is 12.5 Å². The maximum Gasteiger partial charge on any atom is 0.231 e. The van der Waals surface area contributed by atoms with Gasteiger partial charge in [0.2, 0.25) is 11.7 Å². The average Bonchev–Trinajstić information content (AvgIpc) is 3.05. The minimum atomic E-state index is 0.200. The van der Waals surface area contributed by atoms with Crippen LogP contribution in [0.4, 0.5) is 0 Å². The Morgan fingerprint density at radius 1 is 1.33 bits per heavy atom. The van der Waals surface area contributed by atoms with Crippen LogP contribution >= 0.6 is 0 Å².